The fraction of sp³-hybridized carbons (Fsp3) is 0.448. The van der Waals surface area contributed by atoms with Gasteiger partial charge in [-0.25, -0.2) is 0 Å². The van der Waals surface area contributed by atoms with Gasteiger partial charge in [-0.1, -0.05) is 13.0 Å². The third-order valence-electron chi connectivity index (χ3n) is 8.14. The van der Waals surface area contributed by atoms with Gasteiger partial charge in [-0.15, -0.1) is 0 Å². The Kier molecular flexibility index (Phi) is 5.43. The summed E-state index contributed by atoms with van der Waals surface area (Å²) in [6.45, 7) is 10.5. The summed E-state index contributed by atoms with van der Waals surface area (Å²) in [5.74, 6) is 0.513. The fourth-order valence-corrected chi connectivity index (χ4v) is 6.18. The minimum atomic E-state index is 0.0731. The zero-order chi connectivity index (χ0) is 24.3. The normalized spacial score (nSPS) is 18.0. The summed E-state index contributed by atoms with van der Waals surface area (Å²) in [5, 5.41) is 11.8. The molecule has 1 N–H and O–H groups in total. The Morgan fingerprint density at radius 3 is 2.54 bits per heavy atom. The van der Waals surface area contributed by atoms with Crippen molar-refractivity contribution in [3.63, 3.8) is 0 Å². The highest BCUT2D eigenvalue weighted by molar-refractivity contribution is 6.10. The minimum absolute atomic E-state index is 0.0731. The van der Waals surface area contributed by atoms with Crippen molar-refractivity contribution in [2.45, 2.75) is 58.0 Å². The van der Waals surface area contributed by atoms with Crippen molar-refractivity contribution in [1.82, 2.24) is 14.5 Å². The van der Waals surface area contributed by atoms with Gasteiger partial charge in [-0.2, -0.15) is 5.26 Å². The van der Waals surface area contributed by atoms with E-state index in [1.54, 1.807) is 6.07 Å². The number of nitrogens with one attached hydrogen (secondary N) is 1. The number of ether oxygens (including phenoxy) is 1. The molecule has 0 amide bonds. The SMILES string of the molecule is CCc1cc2c(=O)c3c4ccc(C#N)cc4[nH]c3n(C(C)C)c2cc1C1CCN(C2COC2)CC1. The van der Waals surface area contributed by atoms with Crippen LogP contribution in [-0.2, 0) is 11.2 Å². The number of rotatable bonds is 4. The number of likely N-dealkylation sites (tertiary alicyclic amines) is 1. The maximum Gasteiger partial charge on any atom is 0.199 e. The highest BCUT2D eigenvalue weighted by Crippen LogP contribution is 2.36. The molecule has 6 rings (SSSR count). The number of hydrogen-bond donors (Lipinski definition) is 1. The van der Waals surface area contributed by atoms with Crippen LogP contribution in [-0.4, -0.2) is 46.8 Å². The average molecular weight is 469 g/mol. The van der Waals surface area contributed by atoms with Crippen molar-refractivity contribution in [2.24, 2.45) is 0 Å². The van der Waals surface area contributed by atoms with Crippen molar-refractivity contribution in [3.05, 3.63) is 57.2 Å². The van der Waals surface area contributed by atoms with Crippen molar-refractivity contribution in [2.75, 3.05) is 26.3 Å². The molecule has 6 nitrogen and oxygen atoms in total. The Morgan fingerprint density at radius 2 is 1.91 bits per heavy atom. The summed E-state index contributed by atoms with van der Waals surface area (Å²) in [6.07, 6.45) is 3.21. The number of H-pyrrole nitrogens is 1. The molecule has 0 spiro atoms. The molecule has 2 aromatic carbocycles. The number of piperidine rings is 1. The van der Waals surface area contributed by atoms with Gasteiger partial charge in [0.1, 0.15) is 5.65 Å². The fourth-order valence-electron chi connectivity index (χ4n) is 6.18. The minimum Gasteiger partial charge on any atom is -0.378 e. The van der Waals surface area contributed by atoms with Gasteiger partial charge in [0, 0.05) is 22.3 Å². The molecule has 35 heavy (non-hydrogen) atoms. The number of nitriles is 1. The molecule has 4 aromatic rings. The van der Waals surface area contributed by atoms with Crippen LogP contribution in [0.25, 0.3) is 32.8 Å². The van der Waals surface area contributed by atoms with Crippen LogP contribution in [0.15, 0.2) is 35.1 Å². The van der Waals surface area contributed by atoms with Gasteiger partial charge in [0.15, 0.2) is 5.43 Å². The van der Waals surface area contributed by atoms with Crippen LogP contribution in [0.2, 0.25) is 0 Å². The lowest BCUT2D eigenvalue weighted by Gasteiger charge is -2.41. The first-order valence-corrected chi connectivity index (χ1v) is 12.9. The van der Waals surface area contributed by atoms with Gasteiger partial charge in [0.2, 0.25) is 0 Å². The Morgan fingerprint density at radius 1 is 1.14 bits per heavy atom. The quantitative estimate of drug-likeness (QED) is 0.445. The van der Waals surface area contributed by atoms with Gasteiger partial charge in [0.05, 0.1) is 41.8 Å². The molecular weight excluding hydrogens is 436 g/mol. The second kappa shape index (κ2) is 8.51. The monoisotopic (exact) mass is 468 g/mol. The molecule has 4 heterocycles. The molecule has 2 saturated heterocycles. The molecule has 0 atom stereocenters. The summed E-state index contributed by atoms with van der Waals surface area (Å²) < 4.78 is 7.69. The van der Waals surface area contributed by atoms with E-state index in [1.807, 2.05) is 12.1 Å². The zero-order valence-electron chi connectivity index (χ0n) is 20.7. The van der Waals surface area contributed by atoms with Gasteiger partial charge < -0.3 is 14.3 Å². The van der Waals surface area contributed by atoms with E-state index in [0.717, 1.165) is 78.4 Å². The third kappa shape index (κ3) is 3.49. The number of benzene rings is 2. The Labute approximate surface area is 205 Å². The standard InChI is InChI=1S/C29H32N4O2/c1-4-19-12-24-26(13-23(19)20-7-9-32(10-8-20)21-15-35-16-21)33(17(2)3)29-27(28(24)34)22-6-5-18(14-30)11-25(22)31-29/h5-6,11-13,17,20-21,31H,4,7-10,15-16H2,1-3H3. The van der Waals surface area contributed by atoms with Crippen LogP contribution in [0.4, 0.5) is 0 Å². The Balaban J connectivity index is 1.54. The van der Waals surface area contributed by atoms with E-state index < -0.39 is 0 Å². The third-order valence-corrected chi connectivity index (χ3v) is 8.14. The molecule has 6 heteroatoms. The number of aryl methyl sites for hydroxylation is 1. The second-order valence-electron chi connectivity index (χ2n) is 10.4. The summed E-state index contributed by atoms with van der Waals surface area (Å²) in [7, 11) is 0. The second-order valence-corrected chi connectivity index (χ2v) is 10.4. The van der Waals surface area contributed by atoms with Crippen LogP contribution in [0, 0.1) is 11.3 Å². The molecule has 0 bridgehead atoms. The number of pyridine rings is 1. The van der Waals surface area contributed by atoms with Crippen molar-refractivity contribution >= 4 is 32.8 Å². The smallest absolute Gasteiger partial charge is 0.199 e. The predicted octanol–water partition coefficient (Wildman–Crippen LogP) is 5.23. The topological polar surface area (TPSA) is 74.0 Å². The van der Waals surface area contributed by atoms with Gasteiger partial charge in [-0.3, -0.25) is 9.69 Å². The van der Waals surface area contributed by atoms with Crippen LogP contribution in [0.3, 0.4) is 0 Å². The van der Waals surface area contributed by atoms with Crippen molar-refractivity contribution < 1.29 is 4.74 Å². The van der Waals surface area contributed by atoms with Crippen LogP contribution < -0.4 is 5.43 Å². The number of aromatic amines is 1. The molecule has 2 aromatic heterocycles. The first-order valence-electron chi connectivity index (χ1n) is 12.9. The molecule has 0 unspecified atom stereocenters. The lowest BCUT2D eigenvalue weighted by atomic mass is 9.84. The summed E-state index contributed by atoms with van der Waals surface area (Å²) in [5.41, 5.74) is 6.05. The molecule has 0 radical (unpaired) electrons. The van der Waals surface area contributed by atoms with E-state index >= 15 is 0 Å². The van der Waals surface area contributed by atoms with Gasteiger partial charge >= 0.3 is 0 Å². The number of hydrogen-bond acceptors (Lipinski definition) is 4. The van der Waals surface area contributed by atoms with E-state index in [0.29, 0.717) is 17.5 Å². The molecular formula is C29H32N4O2. The number of nitrogens with zero attached hydrogens (tertiary/aromatic N) is 3. The van der Waals surface area contributed by atoms with Crippen molar-refractivity contribution in [1.29, 1.82) is 5.26 Å². The van der Waals surface area contributed by atoms with Gasteiger partial charge in [-0.05, 0) is 87.5 Å². The first-order chi connectivity index (χ1) is 17.0. The molecule has 0 saturated carbocycles. The van der Waals surface area contributed by atoms with E-state index in [9.17, 15) is 10.1 Å². The van der Waals surface area contributed by atoms with E-state index in [-0.39, 0.29) is 11.5 Å². The average Bonchev–Trinajstić information content (AvgIpc) is 3.21. The van der Waals surface area contributed by atoms with E-state index in [2.05, 4.69) is 53.4 Å². The van der Waals surface area contributed by atoms with Crippen molar-refractivity contribution in [3.8, 4) is 6.07 Å². The van der Waals surface area contributed by atoms with Crippen LogP contribution in [0.5, 0.6) is 0 Å². The number of fused-ring (bicyclic) bond motifs is 4. The van der Waals surface area contributed by atoms with Gasteiger partial charge in [0.25, 0.3) is 0 Å². The highest BCUT2D eigenvalue weighted by atomic mass is 16.5. The van der Waals surface area contributed by atoms with Crippen LogP contribution in [0.1, 0.15) is 62.3 Å². The maximum absolute atomic E-state index is 13.9. The molecule has 2 aliphatic rings. The van der Waals surface area contributed by atoms with E-state index in [1.165, 1.54) is 11.1 Å². The Bertz CT molecular complexity index is 1540. The first kappa shape index (κ1) is 22.3. The highest BCUT2D eigenvalue weighted by Gasteiger charge is 2.31. The number of aromatic nitrogens is 2. The summed E-state index contributed by atoms with van der Waals surface area (Å²) in [4.78, 5) is 20.0. The molecule has 2 fully saturated rings. The Hall–Kier alpha value is -3.14. The zero-order valence-corrected chi connectivity index (χ0v) is 20.7. The van der Waals surface area contributed by atoms with E-state index in [4.69, 9.17) is 4.74 Å². The van der Waals surface area contributed by atoms with Crippen LogP contribution >= 0.6 is 0 Å². The molecule has 2 aliphatic heterocycles. The molecule has 180 valence electrons. The molecule has 0 aliphatic carbocycles. The lowest BCUT2D eigenvalue weighted by molar-refractivity contribution is -0.0712. The maximum atomic E-state index is 13.9. The largest absolute Gasteiger partial charge is 0.378 e. The predicted molar refractivity (Wildman–Crippen MR) is 140 cm³/mol. The summed E-state index contributed by atoms with van der Waals surface area (Å²) in [6, 6.07) is 13.0. The lowest BCUT2D eigenvalue weighted by Crippen LogP contribution is -2.51. The summed E-state index contributed by atoms with van der Waals surface area (Å²) >= 11 is 0.